The Morgan fingerprint density at radius 1 is 1.10 bits per heavy atom. The van der Waals surface area contributed by atoms with Crippen molar-refractivity contribution in [2.24, 2.45) is 0 Å². The standard InChI is InChI=1S/C28H33Cl2N3O6/c1-5-37-20-10-8-19(9-11-20)31-25(34)13-23-26(35)33(14-17-6-7-18(29)12-21(17)30)22-15-32(16-24(22)38-23)27(36)39-28(2,3)4/h6-12,22-24H,5,13-16H2,1-4H3,(H,31,34). The molecule has 2 aliphatic rings. The number of hydrogen-bond donors (Lipinski definition) is 1. The Labute approximate surface area is 238 Å². The third-order valence-corrected chi connectivity index (χ3v) is 6.95. The van der Waals surface area contributed by atoms with Crippen LogP contribution in [0.25, 0.3) is 0 Å². The number of nitrogens with zero attached hydrogens (tertiary/aromatic N) is 2. The number of anilines is 1. The Bertz CT molecular complexity index is 1220. The van der Waals surface area contributed by atoms with Gasteiger partial charge in [0.25, 0.3) is 5.91 Å². The van der Waals surface area contributed by atoms with Gasteiger partial charge >= 0.3 is 6.09 Å². The zero-order chi connectivity index (χ0) is 28.3. The molecule has 0 aromatic heterocycles. The number of benzene rings is 2. The summed E-state index contributed by atoms with van der Waals surface area (Å²) in [7, 11) is 0. The van der Waals surface area contributed by atoms with E-state index in [1.54, 1.807) is 68.1 Å². The molecule has 0 saturated carbocycles. The van der Waals surface area contributed by atoms with E-state index in [9.17, 15) is 14.4 Å². The molecule has 2 aliphatic heterocycles. The highest BCUT2D eigenvalue weighted by Gasteiger charge is 2.49. The maximum absolute atomic E-state index is 13.7. The second kappa shape index (κ2) is 12.0. The molecule has 0 spiro atoms. The van der Waals surface area contributed by atoms with Crippen molar-refractivity contribution in [1.29, 1.82) is 0 Å². The van der Waals surface area contributed by atoms with Gasteiger partial charge in [0.15, 0.2) is 0 Å². The lowest BCUT2D eigenvalue weighted by Gasteiger charge is -2.40. The van der Waals surface area contributed by atoms with E-state index >= 15 is 0 Å². The van der Waals surface area contributed by atoms with Gasteiger partial charge in [-0.15, -0.1) is 0 Å². The average molecular weight is 578 g/mol. The van der Waals surface area contributed by atoms with Crippen LogP contribution in [0.4, 0.5) is 10.5 Å². The molecule has 3 unspecified atom stereocenters. The third-order valence-electron chi connectivity index (χ3n) is 6.36. The molecule has 3 atom stereocenters. The Kier molecular flexibility index (Phi) is 8.93. The fourth-order valence-corrected chi connectivity index (χ4v) is 5.10. The van der Waals surface area contributed by atoms with Crippen molar-refractivity contribution < 1.29 is 28.6 Å². The Morgan fingerprint density at radius 2 is 1.82 bits per heavy atom. The number of carbonyl (C=O) groups excluding carboxylic acids is 3. The van der Waals surface area contributed by atoms with E-state index in [1.165, 1.54) is 4.90 Å². The summed E-state index contributed by atoms with van der Waals surface area (Å²) >= 11 is 12.5. The van der Waals surface area contributed by atoms with Crippen LogP contribution in [0.5, 0.6) is 5.75 Å². The van der Waals surface area contributed by atoms with Gasteiger partial charge in [0, 0.05) is 28.8 Å². The second-order valence-electron chi connectivity index (χ2n) is 10.5. The van der Waals surface area contributed by atoms with E-state index in [0.717, 1.165) is 0 Å². The monoisotopic (exact) mass is 577 g/mol. The quantitative estimate of drug-likeness (QED) is 0.489. The Hall–Kier alpha value is -3.01. The molecule has 0 bridgehead atoms. The highest BCUT2D eigenvalue weighted by Crippen LogP contribution is 2.32. The fraction of sp³-hybridized carbons (Fsp3) is 0.464. The highest BCUT2D eigenvalue weighted by molar-refractivity contribution is 6.35. The summed E-state index contributed by atoms with van der Waals surface area (Å²) in [5.74, 6) is -0.0304. The average Bonchev–Trinajstić information content (AvgIpc) is 3.27. The van der Waals surface area contributed by atoms with Crippen molar-refractivity contribution in [3.05, 3.63) is 58.1 Å². The summed E-state index contributed by atoms with van der Waals surface area (Å²) < 4.78 is 17.1. The summed E-state index contributed by atoms with van der Waals surface area (Å²) in [6, 6.07) is 11.6. The SMILES string of the molecule is CCOc1ccc(NC(=O)CC2OC3CN(C(=O)OC(C)(C)C)CC3N(Cc3ccc(Cl)cc3Cl)C2=O)cc1. The summed E-state index contributed by atoms with van der Waals surface area (Å²) in [5, 5.41) is 3.71. The number of nitrogens with one attached hydrogen (secondary N) is 1. The summed E-state index contributed by atoms with van der Waals surface area (Å²) in [6.07, 6.45) is -2.20. The van der Waals surface area contributed by atoms with Crippen LogP contribution in [0, 0.1) is 0 Å². The first-order valence-electron chi connectivity index (χ1n) is 12.8. The normalized spacial score (nSPS) is 21.0. The van der Waals surface area contributed by atoms with Gasteiger partial charge < -0.3 is 29.3 Å². The number of carbonyl (C=O) groups is 3. The molecule has 2 aromatic rings. The van der Waals surface area contributed by atoms with Gasteiger partial charge in [-0.3, -0.25) is 9.59 Å². The van der Waals surface area contributed by atoms with Crippen LogP contribution in [0.3, 0.4) is 0 Å². The molecule has 11 heteroatoms. The predicted molar refractivity (Wildman–Crippen MR) is 148 cm³/mol. The van der Waals surface area contributed by atoms with Gasteiger partial charge in [-0.05, 0) is 69.7 Å². The van der Waals surface area contributed by atoms with Crippen LogP contribution in [0.2, 0.25) is 10.0 Å². The van der Waals surface area contributed by atoms with Crippen molar-refractivity contribution in [2.75, 3.05) is 25.0 Å². The largest absolute Gasteiger partial charge is 0.494 e. The van der Waals surface area contributed by atoms with Crippen LogP contribution in [-0.4, -0.2) is 71.3 Å². The van der Waals surface area contributed by atoms with Crippen molar-refractivity contribution in [2.45, 2.75) is 64.5 Å². The van der Waals surface area contributed by atoms with Crippen LogP contribution in [-0.2, 0) is 25.6 Å². The maximum atomic E-state index is 13.7. The maximum Gasteiger partial charge on any atom is 0.410 e. The molecule has 2 aromatic carbocycles. The number of fused-ring (bicyclic) bond motifs is 1. The Morgan fingerprint density at radius 3 is 2.46 bits per heavy atom. The highest BCUT2D eigenvalue weighted by atomic mass is 35.5. The van der Waals surface area contributed by atoms with E-state index < -0.39 is 29.9 Å². The fourth-order valence-electron chi connectivity index (χ4n) is 4.63. The molecule has 2 fully saturated rings. The summed E-state index contributed by atoms with van der Waals surface area (Å²) in [5.41, 5.74) is 0.606. The molecule has 39 heavy (non-hydrogen) atoms. The van der Waals surface area contributed by atoms with Crippen LogP contribution < -0.4 is 10.1 Å². The molecule has 2 heterocycles. The topological polar surface area (TPSA) is 97.4 Å². The van der Waals surface area contributed by atoms with Gasteiger partial charge in [0.05, 0.1) is 31.7 Å². The van der Waals surface area contributed by atoms with Gasteiger partial charge in [-0.1, -0.05) is 29.3 Å². The van der Waals surface area contributed by atoms with Crippen molar-refractivity contribution in [1.82, 2.24) is 9.80 Å². The number of likely N-dealkylation sites (tertiary alicyclic amines) is 1. The first-order chi connectivity index (χ1) is 18.4. The number of morpholine rings is 1. The lowest BCUT2D eigenvalue weighted by Crippen LogP contribution is -2.58. The molecule has 2 saturated heterocycles. The first-order valence-corrected chi connectivity index (χ1v) is 13.6. The van der Waals surface area contributed by atoms with Gasteiger partial charge in [-0.25, -0.2) is 4.79 Å². The lowest BCUT2D eigenvalue weighted by molar-refractivity contribution is -0.169. The molecule has 0 aliphatic carbocycles. The first kappa shape index (κ1) is 29.0. The van der Waals surface area contributed by atoms with E-state index in [2.05, 4.69) is 5.32 Å². The molecular formula is C28H33Cl2N3O6. The van der Waals surface area contributed by atoms with Gasteiger partial charge in [0.2, 0.25) is 5.91 Å². The minimum Gasteiger partial charge on any atom is -0.494 e. The Balaban J connectivity index is 1.51. The summed E-state index contributed by atoms with van der Waals surface area (Å²) in [4.78, 5) is 42.5. The van der Waals surface area contributed by atoms with Gasteiger partial charge in [-0.2, -0.15) is 0 Å². The van der Waals surface area contributed by atoms with E-state index in [4.69, 9.17) is 37.4 Å². The number of ether oxygens (including phenoxy) is 3. The predicted octanol–water partition coefficient (Wildman–Crippen LogP) is 5.14. The number of rotatable bonds is 7. The van der Waals surface area contributed by atoms with E-state index in [0.29, 0.717) is 33.7 Å². The number of halogens is 2. The number of hydrogen-bond acceptors (Lipinski definition) is 6. The zero-order valence-corrected chi connectivity index (χ0v) is 23.9. The van der Waals surface area contributed by atoms with Crippen molar-refractivity contribution in [3.63, 3.8) is 0 Å². The zero-order valence-electron chi connectivity index (χ0n) is 22.4. The number of amides is 3. The van der Waals surface area contributed by atoms with Crippen LogP contribution in [0.15, 0.2) is 42.5 Å². The molecule has 0 radical (unpaired) electrons. The second-order valence-corrected chi connectivity index (χ2v) is 11.4. The van der Waals surface area contributed by atoms with Crippen LogP contribution in [0.1, 0.15) is 39.7 Å². The molecule has 4 rings (SSSR count). The molecule has 3 amide bonds. The van der Waals surface area contributed by atoms with E-state index in [-0.39, 0.29) is 37.9 Å². The third kappa shape index (κ3) is 7.35. The van der Waals surface area contributed by atoms with Crippen molar-refractivity contribution >= 4 is 46.8 Å². The van der Waals surface area contributed by atoms with Gasteiger partial charge in [0.1, 0.15) is 17.5 Å². The van der Waals surface area contributed by atoms with Crippen molar-refractivity contribution in [3.8, 4) is 5.75 Å². The minimum absolute atomic E-state index is 0.179. The van der Waals surface area contributed by atoms with Crippen LogP contribution >= 0.6 is 23.2 Å². The molecule has 210 valence electrons. The molecule has 9 nitrogen and oxygen atoms in total. The minimum atomic E-state index is -1.03. The lowest BCUT2D eigenvalue weighted by atomic mass is 10.0. The molecule has 1 N–H and O–H groups in total. The molecular weight excluding hydrogens is 545 g/mol. The summed E-state index contributed by atoms with van der Waals surface area (Å²) in [6.45, 7) is 8.46. The smallest absolute Gasteiger partial charge is 0.410 e. The van der Waals surface area contributed by atoms with E-state index in [1.807, 2.05) is 6.92 Å².